The van der Waals surface area contributed by atoms with E-state index in [1.54, 1.807) is 25.1 Å². The quantitative estimate of drug-likeness (QED) is 0.890. The Morgan fingerprint density at radius 1 is 1.56 bits per heavy atom. The van der Waals surface area contributed by atoms with Crippen molar-refractivity contribution in [2.45, 2.75) is 13.3 Å². The molecule has 4 nitrogen and oxygen atoms in total. The summed E-state index contributed by atoms with van der Waals surface area (Å²) in [4.78, 5) is 14.9. The zero-order valence-corrected chi connectivity index (χ0v) is 9.54. The maximum atomic E-state index is 10.7. The molecule has 0 saturated heterocycles. The third-order valence-corrected chi connectivity index (χ3v) is 2.34. The Labute approximate surface area is 97.6 Å². The number of hydrogen-bond donors (Lipinski definition) is 1. The fourth-order valence-electron chi connectivity index (χ4n) is 1.32. The summed E-state index contributed by atoms with van der Waals surface area (Å²) in [6.45, 7) is 2.07. The van der Waals surface area contributed by atoms with Crippen LogP contribution in [0.4, 0.5) is 6.01 Å². The van der Waals surface area contributed by atoms with Crippen LogP contribution >= 0.6 is 11.6 Å². The number of carbonyl (C=O) groups is 1. The second-order valence-electron chi connectivity index (χ2n) is 3.51. The number of carbonyl (C=O) groups excluding carboxylic acids is 1. The number of benzene rings is 1. The van der Waals surface area contributed by atoms with E-state index < -0.39 is 0 Å². The summed E-state index contributed by atoms with van der Waals surface area (Å²) in [6, 6.07) is 5.66. The van der Waals surface area contributed by atoms with Gasteiger partial charge in [-0.05, 0) is 25.1 Å². The van der Waals surface area contributed by atoms with Crippen LogP contribution in [0.1, 0.15) is 13.3 Å². The van der Waals surface area contributed by atoms with E-state index in [0.29, 0.717) is 35.1 Å². The highest BCUT2D eigenvalue weighted by atomic mass is 35.5. The van der Waals surface area contributed by atoms with Crippen molar-refractivity contribution in [1.29, 1.82) is 0 Å². The van der Waals surface area contributed by atoms with Gasteiger partial charge in [0, 0.05) is 18.0 Å². The molecular formula is C11H11ClN2O2. The summed E-state index contributed by atoms with van der Waals surface area (Å²) in [5.74, 6) is 0.131. The van der Waals surface area contributed by atoms with Gasteiger partial charge in [0.15, 0.2) is 5.58 Å². The van der Waals surface area contributed by atoms with Gasteiger partial charge in [-0.15, -0.1) is 0 Å². The Hall–Kier alpha value is -1.55. The molecule has 0 radical (unpaired) electrons. The molecule has 0 spiro atoms. The normalized spacial score (nSPS) is 10.6. The van der Waals surface area contributed by atoms with E-state index in [4.69, 9.17) is 16.0 Å². The zero-order valence-electron chi connectivity index (χ0n) is 8.79. The number of ketones is 1. The van der Waals surface area contributed by atoms with Crippen LogP contribution in [0.5, 0.6) is 0 Å². The van der Waals surface area contributed by atoms with Crippen LogP contribution in [0.25, 0.3) is 11.1 Å². The van der Waals surface area contributed by atoms with E-state index in [-0.39, 0.29) is 5.78 Å². The smallest absolute Gasteiger partial charge is 0.295 e. The van der Waals surface area contributed by atoms with Crippen molar-refractivity contribution >= 4 is 34.5 Å². The van der Waals surface area contributed by atoms with E-state index in [0.717, 1.165) is 0 Å². The SMILES string of the molecule is CC(=O)CCNc1nc2cc(Cl)ccc2o1. The van der Waals surface area contributed by atoms with Crippen LogP contribution in [-0.2, 0) is 4.79 Å². The van der Waals surface area contributed by atoms with Crippen LogP contribution in [0.2, 0.25) is 5.02 Å². The van der Waals surface area contributed by atoms with Crippen molar-refractivity contribution in [3.05, 3.63) is 23.2 Å². The van der Waals surface area contributed by atoms with Gasteiger partial charge in [-0.1, -0.05) is 11.6 Å². The first-order valence-electron chi connectivity index (χ1n) is 4.94. The highest BCUT2D eigenvalue weighted by molar-refractivity contribution is 6.31. The number of halogens is 1. The lowest BCUT2D eigenvalue weighted by Crippen LogP contribution is -2.05. The average Bonchev–Trinajstić information content (AvgIpc) is 2.58. The molecule has 1 heterocycles. The van der Waals surface area contributed by atoms with E-state index in [1.807, 2.05) is 0 Å². The van der Waals surface area contributed by atoms with Crippen LogP contribution in [-0.4, -0.2) is 17.3 Å². The summed E-state index contributed by atoms with van der Waals surface area (Å²) in [7, 11) is 0. The maximum Gasteiger partial charge on any atom is 0.295 e. The minimum absolute atomic E-state index is 0.131. The van der Waals surface area contributed by atoms with Gasteiger partial charge < -0.3 is 9.73 Å². The Kier molecular flexibility index (Phi) is 3.10. The Morgan fingerprint density at radius 2 is 2.38 bits per heavy atom. The number of Topliss-reactive ketones (excluding diaryl/α,β-unsaturated/α-hetero) is 1. The highest BCUT2D eigenvalue weighted by Crippen LogP contribution is 2.22. The van der Waals surface area contributed by atoms with Crippen molar-refractivity contribution in [2.75, 3.05) is 11.9 Å². The topological polar surface area (TPSA) is 55.1 Å². The molecule has 0 saturated carbocycles. The van der Waals surface area contributed by atoms with Gasteiger partial charge in [0.25, 0.3) is 6.01 Å². The van der Waals surface area contributed by atoms with Gasteiger partial charge in [0.05, 0.1) is 0 Å². The summed E-state index contributed by atoms with van der Waals surface area (Å²) < 4.78 is 5.41. The number of oxazole rings is 1. The summed E-state index contributed by atoms with van der Waals surface area (Å²) in [5, 5.41) is 3.56. The molecule has 0 unspecified atom stereocenters. The second kappa shape index (κ2) is 4.53. The Bertz CT molecular complexity index is 522. The molecule has 1 aromatic heterocycles. The van der Waals surface area contributed by atoms with Gasteiger partial charge in [-0.3, -0.25) is 4.79 Å². The molecule has 84 valence electrons. The van der Waals surface area contributed by atoms with E-state index in [2.05, 4.69) is 10.3 Å². The number of fused-ring (bicyclic) bond motifs is 1. The van der Waals surface area contributed by atoms with Gasteiger partial charge in [0.1, 0.15) is 11.3 Å². The number of nitrogens with zero attached hydrogens (tertiary/aromatic N) is 1. The predicted molar refractivity (Wildman–Crippen MR) is 62.8 cm³/mol. The summed E-state index contributed by atoms with van der Waals surface area (Å²) >= 11 is 5.83. The molecule has 2 rings (SSSR count). The first-order chi connectivity index (χ1) is 7.65. The molecule has 0 fully saturated rings. The van der Waals surface area contributed by atoms with Crippen LogP contribution in [0, 0.1) is 0 Å². The number of nitrogens with one attached hydrogen (secondary N) is 1. The van der Waals surface area contributed by atoms with E-state index >= 15 is 0 Å². The molecule has 1 aromatic carbocycles. The fourth-order valence-corrected chi connectivity index (χ4v) is 1.49. The number of hydrogen-bond acceptors (Lipinski definition) is 4. The number of anilines is 1. The molecular weight excluding hydrogens is 228 g/mol. The van der Waals surface area contributed by atoms with Gasteiger partial charge in [-0.2, -0.15) is 4.98 Å². The highest BCUT2D eigenvalue weighted by Gasteiger charge is 2.05. The zero-order chi connectivity index (χ0) is 11.5. The molecule has 2 aromatic rings. The largest absolute Gasteiger partial charge is 0.424 e. The second-order valence-corrected chi connectivity index (χ2v) is 3.95. The van der Waals surface area contributed by atoms with Crippen molar-refractivity contribution in [3.8, 4) is 0 Å². The van der Waals surface area contributed by atoms with Gasteiger partial charge in [-0.25, -0.2) is 0 Å². The molecule has 16 heavy (non-hydrogen) atoms. The average molecular weight is 239 g/mol. The summed E-state index contributed by atoms with van der Waals surface area (Å²) in [6.07, 6.45) is 0.458. The predicted octanol–water partition coefficient (Wildman–Crippen LogP) is 2.87. The van der Waals surface area contributed by atoms with Crippen molar-refractivity contribution in [3.63, 3.8) is 0 Å². The summed E-state index contributed by atoms with van der Waals surface area (Å²) in [5.41, 5.74) is 1.38. The lowest BCUT2D eigenvalue weighted by Gasteiger charge is -1.97. The van der Waals surface area contributed by atoms with Crippen molar-refractivity contribution < 1.29 is 9.21 Å². The molecule has 5 heteroatoms. The molecule has 1 N–H and O–H groups in total. The maximum absolute atomic E-state index is 10.7. The fraction of sp³-hybridized carbons (Fsp3) is 0.273. The van der Waals surface area contributed by atoms with Crippen LogP contribution in [0.15, 0.2) is 22.6 Å². The standard InChI is InChI=1S/C11H11ClN2O2/c1-7(15)4-5-13-11-14-9-6-8(12)2-3-10(9)16-11/h2-3,6H,4-5H2,1H3,(H,13,14). The van der Waals surface area contributed by atoms with Crippen molar-refractivity contribution in [1.82, 2.24) is 4.98 Å². The monoisotopic (exact) mass is 238 g/mol. The lowest BCUT2D eigenvalue weighted by molar-refractivity contribution is -0.116. The molecule has 0 amide bonds. The third kappa shape index (κ3) is 2.52. The molecule has 0 atom stereocenters. The van der Waals surface area contributed by atoms with Crippen molar-refractivity contribution in [2.24, 2.45) is 0 Å². The minimum atomic E-state index is 0.131. The Morgan fingerprint density at radius 3 is 3.12 bits per heavy atom. The van der Waals surface area contributed by atoms with Gasteiger partial charge in [0.2, 0.25) is 0 Å². The van der Waals surface area contributed by atoms with Crippen LogP contribution < -0.4 is 5.32 Å². The minimum Gasteiger partial charge on any atom is -0.424 e. The molecule has 0 bridgehead atoms. The molecule has 0 aliphatic rings. The number of rotatable bonds is 4. The van der Waals surface area contributed by atoms with E-state index in [9.17, 15) is 4.79 Å². The molecule has 0 aliphatic heterocycles. The first kappa shape index (κ1) is 11.0. The molecule has 0 aliphatic carbocycles. The van der Waals surface area contributed by atoms with Crippen LogP contribution in [0.3, 0.4) is 0 Å². The lowest BCUT2D eigenvalue weighted by atomic mass is 10.3. The third-order valence-electron chi connectivity index (χ3n) is 2.10. The Balaban J connectivity index is 2.10. The first-order valence-corrected chi connectivity index (χ1v) is 5.32. The number of aromatic nitrogens is 1. The van der Waals surface area contributed by atoms with E-state index in [1.165, 1.54) is 0 Å². The van der Waals surface area contributed by atoms with Gasteiger partial charge >= 0.3 is 0 Å².